The molecule has 0 radical (unpaired) electrons. The van der Waals surface area contributed by atoms with E-state index in [0.29, 0.717) is 5.82 Å². The van der Waals surface area contributed by atoms with Gasteiger partial charge in [0.15, 0.2) is 0 Å². The van der Waals surface area contributed by atoms with Gasteiger partial charge in [-0.2, -0.15) is 5.10 Å². The molecule has 2 rings (SSSR count). The summed E-state index contributed by atoms with van der Waals surface area (Å²) < 4.78 is 0. The van der Waals surface area contributed by atoms with Crippen molar-refractivity contribution < 1.29 is 0 Å². The zero-order chi connectivity index (χ0) is 11.2. The highest BCUT2D eigenvalue weighted by Crippen LogP contribution is 2.04. The number of aryl methyl sites for hydroxylation is 1. The Morgan fingerprint density at radius 1 is 1.25 bits per heavy atom. The molecule has 0 bridgehead atoms. The molecule has 3 N–H and O–H groups in total. The van der Waals surface area contributed by atoms with Gasteiger partial charge in [-0.25, -0.2) is 9.89 Å². The van der Waals surface area contributed by atoms with Crippen LogP contribution in [0.1, 0.15) is 12.2 Å². The summed E-state index contributed by atoms with van der Waals surface area (Å²) in [5.41, 5.74) is 0.865. The predicted octanol–water partition coefficient (Wildman–Crippen LogP) is 1.14. The molecule has 16 heavy (non-hydrogen) atoms. The molecule has 1 aromatic heterocycles. The number of nitrogens with zero attached hydrogens (tertiary/aromatic N) is 1. The lowest BCUT2D eigenvalue weighted by Crippen LogP contribution is -2.04. The second-order valence-corrected chi connectivity index (χ2v) is 3.52. The van der Waals surface area contributed by atoms with Gasteiger partial charge >= 0.3 is 5.69 Å². The van der Waals surface area contributed by atoms with Crippen molar-refractivity contribution in [3.63, 3.8) is 0 Å². The minimum Gasteiger partial charge on any atom is -0.385 e. The maximum Gasteiger partial charge on any atom is 0.340 e. The Hall–Kier alpha value is -2.04. The van der Waals surface area contributed by atoms with Gasteiger partial charge in [-0.3, -0.25) is 4.98 Å². The maximum atomic E-state index is 10.8. The molecule has 2 aromatic rings. The molecule has 0 amide bonds. The molecule has 1 heterocycles. The Balaban J connectivity index is 1.71. The highest BCUT2D eigenvalue weighted by molar-refractivity contribution is 5.42. The largest absolute Gasteiger partial charge is 0.385 e. The van der Waals surface area contributed by atoms with E-state index in [0.717, 1.165) is 25.1 Å². The van der Waals surface area contributed by atoms with Gasteiger partial charge in [-0.15, -0.1) is 0 Å². The van der Waals surface area contributed by atoms with Gasteiger partial charge < -0.3 is 5.32 Å². The van der Waals surface area contributed by atoms with Crippen molar-refractivity contribution in [2.75, 3.05) is 11.9 Å². The number of para-hydroxylation sites is 1. The average molecular weight is 218 g/mol. The molecule has 0 saturated carbocycles. The lowest BCUT2D eigenvalue weighted by Gasteiger charge is -2.04. The first kappa shape index (κ1) is 10.5. The fourth-order valence-electron chi connectivity index (χ4n) is 1.47. The van der Waals surface area contributed by atoms with Gasteiger partial charge in [0.1, 0.15) is 5.82 Å². The Labute approximate surface area is 92.9 Å². The van der Waals surface area contributed by atoms with E-state index in [-0.39, 0.29) is 5.69 Å². The molecule has 0 aliphatic heterocycles. The predicted molar refractivity (Wildman–Crippen MR) is 62.5 cm³/mol. The standard InChI is InChI=1S/C11H14N4O/c16-11-13-10(14-15-11)7-4-8-12-9-5-2-1-3-6-9/h1-3,5-6,12H,4,7-8H2,(H2,13,14,15,16). The number of aromatic nitrogens is 3. The first-order valence-electron chi connectivity index (χ1n) is 5.27. The van der Waals surface area contributed by atoms with E-state index >= 15 is 0 Å². The monoisotopic (exact) mass is 218 g/mol. The number of nitrogens with one attached hydrogen (secondary N) is 3. The van der Waals surface area contributed by atoms with Gasteiger partial charge in [0, 0.05) is 18.7 Å². The van der Waals surface area contributed by atoms with Crippen molar-refractivity contribution in [2.45, 2.75) is 12.8 Å². The van der Waals surface area contributed by atoms with E-state index in [9.17, 15) is 4.79 Å². The summed E-state index contributed by atoms with van der Waals surface area (Å²) in [6.07, 6.45) is 1.69. The molecular weight excluding hydrogens is 204 g/mol. The van der Waals surface area contributed by atoms with Crippen molar-refractivity contribution in [3.05, 3.63) is 46.6 Å². The fourth-order valence-corrected chi connectivity index (χ4v) is 1.47. The first-order chi connectivity index (χ1) is 7.84. The molecule has 5 heteroatoms. The quantitative estimate of drug-likeness (QED) is 0.659. The summed E-state index contributed by atoms with van der Waals surface area (Å²) in [6, 6.07) is 10.0. The van der Waals surface area contributed by atoms with Crippen molar-refractivity contribution >= 4 is 5.69 Å². The lowest BCUT2D eigenvalue weighted by molar-refractivity contribution is 0.806. The molecule has 0 unspecified atom stereocenters. The molecule has 1 aromatic carbocycles. The molecule has 0 saturated heterocycles. The number of benzene rings is 1. The van der Waals surface area contributed by atoms with E-state index < -0.39 is 0 Å². The van der Waals surface area contributed by atoms with E-state index in [1.54, 1.807) is 0 Å². The minimum absolute atomic E-state index is 0.244. The summed E-state index contributed by atoms with van der Waals surface area (Å²) in [5, 5.41) is 9.48. The van der Waals surface area contributed by atoms with Crippen LogP contribution in [-0.2, 0) is 6.42 Å². The van der Waals surface area contributed by atoms with Crippen LogP contribution in [0.3, 0.4) is 0 Å². The van der Waals surface area contributed by atoms with E-state index in [1.165, 1.54) is 0 Å². The number of hydrogen-bond acceptors (Lipinski definition) is 3. The molecule has 0 spiro atoms. The van der Waals surface area contributed by atoms with Crippen LogP contribution >= 0.6 is 0 Å². The second-order valence-electron chi connectivity index (χ2n) is 3.52. The molecule has 5 nitrogen and oxygen atoms in total. The average Bonchev–Trinajstić information content (AvgIpc) is 2.72. The summed E-state index contributed by atoms with van der Waals surface area (Å²) in [6.45, 7) is 0.860. The molecule has 0 aliphatic rings. The summed E-state index contributed by atoms with van der Waals surface area (Å²) >= 11 is 0. The van der Waals surface area contributed by atoms with Gasteiger partial charge in [0.05, 0.1) is 0 Å². The summed E-state index contributed by atoms with van der Waals surface area (Å²) in [5.74, 6) is 0.708. The van der Waals surface area contributed by atoms with E-state index in [1.807, 2.05) is 30.3 Å². The number of anilines is 1. The van der Waals surface area contributed by atoms with Crippen LogP contribution in [0, 0.1) is 0 Å². The number of aromatic amines is 2. The van der Waals surface area contributed by atoms with Crippen molar-refractivity contribution in [1.29, 1.82) is 0 Å². The Bertz CT molecular complexity index is 474. The van der Waals surface area contributed by atoms with Crippen LogP contribution in [0.25, 0.3) is 0 Å². The number of hydrogen-bond donors (Lipinski definition) is 3. The molecular formula is C11H14N4O. The SMILES string of the molecule is O=c1[nH]nc(CCCNc2ccccc2)[nH]1. The van der Waals surface area contributed by atoms with Crippen LogP contribution in [0.2, 0.25) is 0 Å². The minimum atomic E-state index is -0.244. The number of rotatable bonds is 5. The highest BCUT2D eigenvalue weighted by Gasteiger charge is 1.97. The summed E-state index contributed by atoms with van der Waals surface area (Å²) in [7, 11) is 0. The van der Waals surface area contributed by atoms with E-state index in [2.05, 4.69) is 20.5 Å². The van der Waals surface area contributed by atoms with Crippen molar-refractivity contribution in [1.82, 2.24) is 15.2 Å². The van der Waals surface area contributed by atoms with Crippen LogP contribution in [-0.4, -0.2) is 21.7 Å². The zero-order valence-corrected chi connectivity index (χ0v) is 8.86. The Kier molecular flexibility index (Phi) is 3.38. The van der Waals surface area contributed by atoms with Crippen LogP contribution < -0.4 is 11.0 Å². The molecule has 0 aliphatic carbocycles. The third kappa shape index (κ3) is 2.98. The Morgan fingerprint density at radius 2 is 2.06 bits per heavy atom. The molecule has 0 atom stereocenters. The smallest absolute Gasteiger partial charge is 0.340 e. The lowest BCUT2D eigenvalue weighted by atomic mass is 10.2. The van der Waals surface area contributed by atoms with Gasteiger partial charge in [-0.05, 0) is 18.6 Å². The van der Waals surface area contributed by atoms with E-state index in [4.69, 9.17) is 0 Å². The highest BCUT2D eigenvalue weighted by atomic mass is 16.1. The van der Waals surface area contributed by atoms with Crippen LogP contribution in [0.4, 0.5) is 5.69 Å². The topological polar surface area (TPSA) is 73.6 Å². The van der Waals surface area contributed by atoms with Crippen LogP contribution in [0.5, 0.6) is 0 Å². The molecule has 0 fully saturated rings. The summed E-state index contributed by atoms with van der Waals surface area (Å²) in [4.78, 5) is 13.4. The third-order valence-corrected chi connectivity index (χ3v) is 2.24. The van der Waals surface area contributed by atoms with Crippen molar-refractivity contribution in [2.24, 2.45) is 0 Å². The van der Waals surface area contributed by atoms with Gasteiger partial charge in [0.2, 0.25) is 0 Å². The third-order valence-electron chi connectivity index (χ3n) is 2.24. The molecule has 84 valence electrons. The zero-order valence-electron chi connectivity index (χ0n) is 8.86. The maximum absolute atomic E-state index is 10.8. The first-order valence-corrected chi connectivity index (χ1v) is 5.27. The van der Waals surface area contributed by atoms with Gasteiger partial charge in [-0.1, -0.05) is 18.2 Å². The van der Waals surface area contributed by atoms with Crippen LogP contribution in [0.15, 0.2) is 35.1 Å². The van der Waals surface area contributed by atoms with Crippen molar-refractivity contribution in [3.8, 4) is 0 Å². The second kappa shape index (κ2) is 5.16. The number of H-pyrrole nitrogens is 2. The normalized spacial score (nSPS) is 10.2. The van der Waals surface area contributed by atoms with Gasteiger partial charge in [0.25, 0.3) is 0 Å². The Morgan fingerprint density at radius 3 is 2.75 bits per heavy atom. The fraction of sp³-hybridized carbons (Fsp3) is 0.273.